The van der Waals surface area contributed by atoms with Crippen LogP contribution in [0, 0.1) is 0 Å². The molecule has 118 valence electrons. The largest absolute Gasteiger partial charge is 0.368 e. The van der Waals surface area contributed by atoms with E-state index in [1.54, 1.807) is 10.6 Å². The molecule has 0 atom stereocenters. The number of hydrogen-bond acceptors (Lipinski definition) is 5. The molecular weight excluding hydrogens is 308 g/mol. The number of nitrogens with one attached hydrogen (secondary N) is 1. The Balaban J connectivity index is 2.53. The van der Waals surface area contributed by atoms with Gasteiger partial charge in [-0.3, -0.25) is 4.40 Å². The van der Waals surface area contributed by atoms with Gasteiger partial charge in [0.15, 0.2) is 15.8 Å². The first-order valence-corrected chi connectivity index (χ1v) is 9.57. The number of sulfonamides is 1. The second-order valence-electron chi connectivity index (χ2n) is 4.74. The molecule has 0 aliphatic carbocycles. The number of aromatic nitrogens is 2. The molecule has 0 amide bonds. The van der Waals surface area contributed by atoms with Gasteiger partial charge in [-0.2, -0.15) is 4.31 Å². The van der Waals surface area contributed by atoms with Crippen molar-refractivity contribution in [2.45, 2.75) is 38.6 Å². The fourth-order valence-electron chi connectivity index (χ4n) is 2.19. The summed E-state index contributed by atoms with van der Waals surface area (Å²) in [6, 6.07) is 0. The third-order valence-corrected chi connectivity index (χ3v) is 5.93. The molecule has 2 aromatic heterocycles. The maximum absolute atomic E-state index is 12.9. The van der Waals surface area contributed by atoms with Crippen molar-refractivity contribution >= 4 is 32.1 Å². The molecular formula is C13H22N4O2S2. The standard InChI is InChI=1S/C13H22N4O2S2/c1-4-7-14-11-12(17-9-10-20-13(17)15-11)21(18,19)16(6-3)8-5-2/h9-10,14H,4-8H2,1-3H3. The Kier molecular flexibility index (Phi) is 5.23. The summed E-state index contributed by atoms with van der Waals surface area (Å²) in [7, 11) is -3.55. The molecule has 2 rings (SSSR count). The van der Waals surface area contributed by atoms with E-state index in [1.807, 2.05) is 26.2 Å². The van der Waals surface area contributed by atoms with Gasteiger partial charge in [0.2, 0.25) is 0 Å². The van der Waals surface area contributed by atoms with Crippen LogP contribution < -0.4 is 5.32 Å². The third-order valence-electron chi connectivity index (χ3n) is 3.17. The van der Waals surface area contributed by atoms with E-state index in [1.165, 1.54) is 15.6 Å². The molecule has 2 heterocycles. The van der Waals surface area contributed by atoms with E-state index in [0.717, 1.165) is 12.8 Å². The lowest BCUT2D eigenvalue weighted by Gasteiger charge is -2.20. The van der Waals surface area contributed by atoms with Crippen molar-refractivity contribution in [3.8, 4) is 0 Å². The van der Waals surface area contributed by atoms with Crippen LogP contribution in [0.4, 0.5) is 5.82 Å². The zero-order valence-electron chi connectivity index (χ0n) is 12.7. The van der Waals surface area contributed by atoms with E-state index >= 15 is 0 Å². The Morgan fingerprint density at radius 2 is 2.10 bits per heavy atom. The smallest absolute Gasteiger partial charge is 0.262 e. The first-order chi connectivity index (χ1) is 10.1. The zero-order chi connectivity index (χ0) is 15.5. The molecule has 0 aromatic carbocycles. The zero-order valence-corrected chi connectivity index (χ0v) is 14.3. The summed E-state index contributed by atoms with van der Waals surface area (Å²) in [5.74, 6) is 0.457. The molecule has 2 aromatic rings. The topological polar surface area (TPSA) is 66.7 Å². The molecule has 6 nitrogen and oxygen atoms in total. The Hall–Kier alpha value is -1.12. The van der Waals surface area contributed by atoms with Gasteiger partial charge < -0.3 is 5.32 Å². The summed E-state index contributed by atoms with van der Waals surface area (Å²) in [5, 5.41) is 5.24. The van der Waals surface area contributed by atoms with Crippen molar-refractivity contribution in [1.29, 1.82) is 0 Å². The average molecular weight is 330 g/mol. The van der Waals surface area contributed by atoms with Crippen LogP contribution in [0.15, 0.2) is 16.6 Å². The predicted molar refractivity (Wildman–Crippen MR) is 86.6 cm³/mol. The third kappa shape index (κ3) is 3.07. The van der Waals surface area contributed by atoms with Gasteiger partial charge in [-0.15, -0.1) is 11.3 Å². The van der Waals surface area contributed by atoms with Gasteiger partial charge in [0.25, 0.3) is 10.0 Å². The molecule has 0 spiro atoms. The molecule has 21 heavy (non-hydrogen) atoms. The molecule has 0 bridgehead atoms. The van der Waals surface area contributed by atoms with Gasteiger partial charge in [-0.1, -0.05) is 20.8 Å². The maximum Gasteiger partial charge on any atom is 0.262 e. The van der Waals surface area contributed by atoms with Crippen LogP contribution in [0.5, 0.6) is 0 Å². The van der Waals surface area contributed by atoms with Gasteiger partial charge in [-0.05, 0) is 12.8 Å². The lowest BCUT2D eigenvalue weighted by molar-refractivity contribution is 0.424. The summed E-state index contributed by atoms with van der Waals surface area (Å²) < 4.78 is 29.0. The highest BCUT2D eigenvalue weighted by Crippen LogP contribution is 2.28. The van der Waals surface area contributed by atoms with E-state index in [4.69, 9.17) is 0 Å². The minimum absolute atomic E-state index is 0.252. The molecule has 0 unspecified atom stereocenters. The molecule has 1 N–H and O–H groups in total. The van der Waals surface area contributed by atoms with Crippen LogP contribution in [0.25, 0.3) is 4.96 Å². The Labute approximate surface area is 129 Å². The Morgan fingerprint density at radius 3 is 2.71 bits per heavy atom. The number of hydrogen-bond donors (Lipinski definition) is 1. The first-order valence-electron chi connectivity index (χ1n) is 7.25. The van der Waals surface area contributed by atoms with Crippen molar-refractivity contribution in [3.63, 3.8) is 0 Å². The molecule has 0 aliphatic heterocycles. The highest BCUT2D eigenvalue weighted by molar-refractivity contribution is 7.89. The minimum Gasteiger partial charge on any atom is -0.368 e. The number of rotatable bonds is 8. The van der Waals surface area contributed by atoms with Crippen LogP contribution in [0.2, 0.25) is 0 Å². The summed E-state index contributed by atoms with van der Waals surface area (Å²) >= 11 is 1.43. The summed E-state index contributed by atoms with van der Waals surface area (Å²) in [4.78, 5) is 5.11. The van der Waals surface area contributed by atoms with Crippen molar-refractivity contribution < 1.29 is 8.42 Å². The van der Waals surface area contributed by atoms with Crippen molar-refractivity contribution in [3.05, 3.63) is 11.6 Å². The molecule has 0 saturated heterocycles. The van der Waals surface area contributed by atoms with E-state index in [-0.39, 0.29) is 5.03 Å². The van der Waals surface area contributed by atoms with Crippen molar-refractivity contribution in [2.24, 2.45) is 0 Å². The van der Waals surface area contributed by atoms with Crippen molar-refractivity contribution in [1.82, 2.24) is 13.7 Å². The highest BCUT2D eigenvalue weighted by atomic mass is 32.2. The van der Waals surface area contributed by atoms with Gasteiger partial charge in [-0.25, -0.2) is 13.4 Å². The molecule has 0 radical (unpaired) electrons. The molecule has 8 heteroatoms. The van der Waals surface area contributed by atoms with Gasteiger partial charge >= 0.3 is 0 Å². The number of thiazole rings is 1. The number of anilines is 1. The molecule has 0 aliphatic rings. The van der Waals surface area contributed by atoms with Crippen LogP contribution in [0.3, 0.4) is 0 Å². The maximum atomic E-state index is 12.9. The van der Waals surface area contributed by atoms with E-state index in [0.29, 0.717) is 30.4 Å². The Bertz CT molecular complexity index is 690. The van der Waals surface area contributed by atoms with E-state index < -0.39 is 10.0 Å². The monoisotopic (exact) mass is 330 g/mol. The molecule has 0 saturated carbocycles. The lowest BCUT2D eigenvalue weighted by Crippen LogP contribution is -2.32. The van der Waals surface area contributed by atoms with Gasteiger partial charge in [0, 0.05) is 31.2 Å². The quantitative estimate of drug-likeness (QED) is 0.808. The molecule has 0 fully saturated rings. The SMILES string of the molecule is CCCNc1nc2sccn2c1S(=O)(=O)N(CC)CCC. The van der Waals surface area contributed by atoms with Crippen LogP contribution >= 0.6 is 11.3 Å². The van der Waals surface area contributed by atoms with Crippen LogP contribution in [-0.4, -0.2) is 41.7 Å². The van der Waals surface area contributed by atoms with E-state index in [9.17, 15) is 8.42 Å². The normalized spacial score (nSPS) is 12.4. The lowest BCUT2D eigenvalue weighted by atomic mass is 10.5. The summed E-state index contributed by atoms with van der Waals surface area (Å²) in [5.41, 5.74) is 0. The second-order valence-corrected chi connectivity index (χ2v) is 7.47. The summed E-state index contributed by atoms with van der Waals surface area (Å²) in [6.45, 7) is 7.55. The van der Waals surface area contributed by atoms with Gasteiger partial charge in [0.1, 0.15) is 0 Å². The highest BCUT2D eigenvalue weighted by Gasteiger charge is 2.30. The second kappa shape index (κ2) is 6.76. The van der Waals surface area contributed by atoms with Gasteiger partial charge in [0.05, 0.1) is 0 Å². The van der Waals surface area contributed by atoms with Crippen LogP contribution in [0.1, 0.15) is 33.6 Å². The average Bonchev–Trinajstić information content (AvgIpc) is 3.01. The minimum atomic E-state index is -3.55. The van der Waals surface area contributed by atoms with Crippen LogP contribution in [-0.2, 0) is 10.0 Å². The van der Waals surface area contributed by atoms with E-state index in [2.05, 4.69) is 10.3 Å². The number of fused-ring (bicyclic) bond motifs is 1. The van der Waals surface area contributed by atoms with Crippen molar-refractivity contribution in [2.75, 3.05) is 25.0 Å². The fraction of sp³-hybridized carbons (Fsp3) is 0.615. The number of nitrogens with zero attached hydrogens (tertiary/aromatic N) is 3. The first kappa shape index (κ1) is 16.3. The fourth-order valence-corrected chi connectivity index (χ4v) is 4.73. The summed E-state index contributed by atoms with van der Waals surface area (Å²) in [6.07, 6.45) is 3.46. The predicted octanol–water partition coefficient (Wildman–Crippen LogP) is 2.64. The Morgan fingerprint density at radius 1 is 1.33 bits per heavy atom. The number of imidazole rings is 1.